The summed E-state index contributed by atoms with van der Waals surface area (Å²) >= 11 is 0. The minimum absolute atomic E-state index is 0.0100. The van der Waals surface area contributed by atoms with Gasteiger partial charge in [0.15, 0.2) is 0 Å². The first kappa shape index (κ1) is 9.13. The van der Waals surface area contributed by atoms with E-state index in [9.17, 15) is 0 Å². The molecule has 0 bridgehead atoms. The van der Waals surface area contributed by atoms with Crippen LogP contribution in [-0.2, 0) is 5.41 Å². The molecule has 0 radical (unpaired) electrons. The summed E-state index contributed by atoms with van der Waals surface area (Å²) < 4.78 is 5.21. The van der Waals surface area contributed by atoms with Crippen LogP contribution < -0.4 is 10.1 Å². The molecule has 1 heterocycles. The van der Waals surface area contributed by atoms with Crippen molar-refractivity contribution in [3.05, 3.63) is 36.0 Å². The first-order valence-electron chi connectivity index (χ1n) is 4.70. The Hall–Kier alpha value is -1.44. The molecule has 1 aliphatic rings. The monoisotopic (exact) mass is 189 g/mol. The number of hydrogen-bond acceptors (Lipinski definition) is 2. The second-order valence-corrected chi connectivity index (χ2v) is 4.14. The highest BCUT2D eigenvalue weighted by atomic mass is 16.5. The third kappa shape index (κ3) is 1.10. The number of allylic oxidation sites excluding steroid dienone is 1. The van der Waals surface area contributed by atoms with E-state index in [2.05, 4.69) is 31.8 Å². The van der Waals surface area contributed by atoms with Crippen LogP contribution in [0.4, 0.5) is 5.69 Å². The van der Waals surface area contributed by atoms with Crippen LogP contribution in [0, 0.1) is 0 Å². The number of hydrogen-bond donors (Lipinski definition) is 1. The van der Waals surface area contributed by atoms with Gasteiger partial charge >= 0.3 is 0 Å². The minimum Gasteiger partial charge on any atom is -0.497 e. The minimum atomic E-state index is -0.0100. The fourth-order valence-electron chi connectivity index (χ4n) is 1.76. The van der Waals surface area contributed by atoms with Gasteiger partial charge in [-0.3, -0.25) is 0 Å². The van der Waals surface area contributed by atoms with E-state index in [1.54, 1.807) is 7.11 Å². The number of ether oxygens (including phenoxy) is 1. The van der Waals surface area contributed by atoms with Crippen molar-refractivity contribution < 1.29 is 4.74 Å². The van der Waals surface area contributed by atoms with Crippen LogP contribution in [0.5, 0.6) is 5.75 Å². The Kier molecular flexibility index (Phi) is 1.81. The molecule has 0 fully saturated rings. The fraction of sp³-hybridized carbons (Fsp3) is 0.333. The van der Waals surface area contributed by atoms with Crippen molar-refractivity contribution in [3.8, 4) is 5.75 Å². The van der Waals surface area contributed by atoms with Gasteiger partial charge < -0.3 is 10.1 Å². The van der Waals surface area contributed by atoms with Gasteiger partial charge in [0.05, 0.1) is 7.11 Å². The summed E-state index contributed by atoms with van der Waals surface area (Å²) in [5.74, 6) is 0.897. The van der Waals surface area contributed by atoms with Crippen LogP contribution in [0.25, 0.3) is 0 Å². The molecular weight excluding hydrogens is 174 g/mol. The summed E-state index contributed by atoms with van der Waals surface area (Å²) in [6, 6.07) is 6.06. The van der Waals surface area contributed by atoms with E-state index >= 15 is 0 Å². The van der Waals surface area contributed by atoms with Crippen molar-refractivity contribution in [3.63, 3.8) is 0 Å². The zero-order valence-electron chi connectivity index (χ0n) is 8.85. The summed E-state index contributed by atoms with van der Waals surface area (Å²) in [7, 11) is 1.69. The molecule has 2 heteroatoms. The molecule has 0 saturated heterocycles. The second kappa shape index (κ2) is 2.77. The van der Waals surface area contributed by atoms with Gasteiger partial charge in [0.2, 0.25) is 0 Å². The lowest BCUT2D eigenvalue weighted by atomic mass is 9.84. The number of nitrogens with one attached hydrogen (secondary N) is 1. The number of rotatable bonds is 1. The zero-order valence-corrected chi connectivity index (χ0v) is 8.85. The molecule has 1 aromatic rings. The molecule has 2 rings (SSSR count). The van der Waals surface area contributed by atoms with Gasteiger partial charge in [-0.1, -0.05) is 20.4 Å². The SMILES string of the molecule is C=C1Nc2ccc(OC)cc2C1(C)C. The van der Waals surface area contributed by atoms with Crippen molar-refractivity contribution >= 4 is 5.69 Å². The topological polar surface area (TPSA) is 21.3 Å². The lowest BCUT2D eigenvalue weighted by molar-refractivity contribution is 0.413. The fourth-order valence-corrected chi connectivity index (χ4v) is 1.76. The molecule has 0 aliphatic carbocycles. The maximum atomic E-state index is 5.21. The summed E-state index contributed by atoms with van der Waals surface area (Å²) in [5, 5.41) is 3.29. The van der Waals surface area contributed by atoms with Crippen molar-refractivity contribution in [1.82, 2.24) is 0 Å². The van der Waals surface area contributed by atoms with Crippen LogP contribution in [0.15, 0.2) is 30.5 Å². The van der Waals surface area contributed by atoms with Crippen LogP contribution in [0.3, 0.4) is 0 Å². The molecule has 0 unspecified atom stereocenters. The third-order valence-corrected chi connectivity index (χ3v) is 2.94. The van der Waals surface area contributed by atoms with Crippen LogP contribution in [-0.4, -0.2) is 7.11 Å². The Morgan fingerprint density at radius 3 is 2.71 bits per heavy atom. The van der Waals surface area contributed by atoms with E-state index in [1.165, 1.54) is 5.56 Å². The summed E-state index contributed by atoms with van der Waals surface area (Å²) in [6.45, 7) is 8.35. The van der Waals surface area contributed by atoms with E-state index in [4.69, 9.17) is 4.74 Å². The van der Waals surface area contributed by atoms with E-state index < -0.39 is 0 Å². The van der Waals surface area contributed by atoms with Crippen molar-refractivity contribution in [2.45, 2.75) is 19.3 Å². The Morgan fingerprint density at radius 2 is 2.07 bits per heavy atom. The highest BCUT2D eigenvalue weighted by Crippen LogP contribution is 2.43. The second-order valence-electron chi connectivity index (χ2n) is 4.14. The average molecular weight is 189 g/mol. The van der Waals surface area contributed by atoms with Gasteiger partial charge in [-0.25, -0.2) is 0 Å². The molecular formula is C12H15NO. The third-order valence-electron chi connectivity index (χ3n) is 2.94. The zero-order chi connectivity index (χ0) is 10.3. The molecule has 74 valence electrons. The average Bonchev–Trinajstić information content (AvgIpc) is 2.38. The molecule has 0 saturated carbocycles. The lowest BCUT2D eigenvalue weighted by Crippen LogP contribution is -2.15. The lowest BCUT2D eigenvalue weighted by Gasteiger charge is -2.19. The summed E-state index contributed by atoms with van der Waals surface area (Å²) in [5.41, 5.74) is 3.42. The smallest absolute Gasteiger partial charge is 0.119 e. The quantitative estimate of drug-likeness (QED) is 0.733. The van der Waals surface area contributed by atoms with Crippen molar-refractivity contribution in [2.24, 2.45) is 0 Å². The predicted molar refractivity (Wildman–Crippen MR) is 58.8 cm³/mol. The Morgan fingerprint density at radius 1 is 1.36 bits per heavy atom. The molecule has 0 amide bonds. The Bertz CT molecular complexity index is 393. The van der Waals surface area contributed by atoms with Crippen molar-refractivity contribution in [1.29, 1.82) is 0 Å². The van der Waals surface area contributed by atoms with Crippen LogP contribution in [0.2, 0.25) is 0 Å². The van der Waals surface area contributed by atoms with Gasteiger partial charge in [0, 0.05) is 16.8 Å². The first-order chi connectivity index (χ1) is 6.55. The number of fused-ring (bicyclic) bond motifs is 1. The highest BCUT2D eigenvalue weighted by Gasteiger charge is 2.33. The normalized spacial score (nSPS) is 17.5. The van der Waals surface area contributed by atoms with Crippen LogP contribution in [0.1, 0.15) is 19.4 Å². The van der Waals surface area contributed by atoms with E-state index in [-0.39, 0.29) is 5.41 Å². The van der Waals surface area contributed by atoms with Crippen LogP contribution >= 0.6 is 0 Å². The molecule has 1 aliphatic heterocycles. The van der Waals surface area contributed by atoms with E-state index in [0.29, 0.717) is 0 Å². The van der Waals surface area contributed by atoms with Gasteiger partial charge in [0.25, 0.3) is 0 Å². The molecule has 0 aromatic heterocycles. The standard InChI is InChI=1S/C12H15NO/c1-8-12(2,3)10-7-9(14-4)5-6-11(10)13-8/h5-7,13H,1H2,2-4H3. The van der Waals surface area contributed by atoms with E-state index in [1.807, 2.05) is 12.1 Å². The summed E-state index contributed by atoms with van der Waals surface area (Å²) in [4.78, 5) is 0. The largest absolute Gasteiger partial charge is 0.497 e. The molecule has 14 heavy (non-hydrogen) atoms. The highest BCUT2D eigenvalue weighted by molar-refractivity contribution is 5.68. The first-order valence-corrected chi connectivity index (χ1v) is 4.70. The maximum absolute atomic E-state index is 5.21. The van der Waals surface area contributed by atoms with Gasteiger partial charge in [-0.15, -0.1) is 0 Å². The molecule has 0 atom stereocenters. The number of methoxy groups -OCH3 is 1. The molecule has 2 nitrogen and oxygen atoms in total. The number of anilines is 1. The number of benzene rings is 1. The van der Waals surface area contributed by atoms with Gasteiger partial charge in [-0.05, 0) is 23.8 Å². The molecule has 1 aromatic carbocycles. The Labute approximate surface area is 84.6 Å². The Balaban J connectivity index is 2.56. The van der Waals surface area contributed by atoms with Gasteiger partial charge in [-0.2, -0.15) is 0 Å². The predicted octanol–water partition coefficient (Wildman–Crippen LogP) is 2.91. The van der Waals surface area contributed by atoms with Gasteiger partial charge in [0.1, 0.15) is 5.75 Å². The maximum Gasteiger partial charge on any atom is 0.119 e. The van der Waals surface area contributed by atoms with E-state index in [0.717, 1.165) is 17.1 Å². The molecule has 0 spiro atoms. The van der Waals surface area contributed by atoms with Crippen molar-refractivity contribution in [2.75, 3.05) is 12.4 Å². The summed E-state index contributed by atoms with van der Waals surface area (Å²) in [6.07, 6.45) is 0. The molecule has 1 N–H and O–H groups in total.